The molecule has 96 valence electrons. The van der Waals surface area contributed by atoms with Gasteiger partial charge in [-0.1, -0.05) is 36.4 Å². The van der Waals surface area contributed by atoms with E-state index in [1.807, 2.05) is 18.2 Å². The second-order valence-corrected chi connectivity index (χ2v) is 4.12. The van der Waals surface area contributed by atoms with Crippen LogP contribution in [0.3, 0.4) is 0 Å². The Morgan fingerprint density at radius 1 is 1.11 bits per heavy atom. The summed E-state index contributed by atoms with van der Waals surface area (Å²) in [5.41, 5.74) is 1.89. The quantitative estimate of drug-likeness (QED) is 0.651. The van der Waals surface area contributed by atoms with Crippen molar-refractivity contribution in [3.05, 3.63) is 71.3 Å². The van der Waals surface area contributed by atoms with Gasteiger partial charge in [-0.15, -0.1) is 0 Å². The molecule has 2 N–H and O–H groups in total. The maximum atomic E-state index is 11.9. The number of aromatic hydroxyl groups is 1. The van der Waals surface area contributed by atoms with Gasteiger partial charge in [0.15, 0.2) is 5.78 Å². The number of rotatable bonds is 4. The fraction of sp³-hybridized carbons (Fsp3) is 0.0625. The predicted molar refractivity (Wildman–Crippen MR) is 73.8 cm³/mol. The van der Waals surface area contributed by atoms with E-state index in [1.165, 1.54) is 12.1 Å². The van der Waals surface area contributed by atoms with Crippen LogP contribution in [0, 0.1) is 0 Å². The first-order valence-electron chi connectivity index (χ1n) is 5.91. The van der Waals surface area contributed by atoms with Gasteiger partial charge in [0.1, 0.15) is 5.75 Å². The van der Waals surface area contributed by atoms with Crippen LogP contribution in [0.2, 0.25) is 0 Å². The molecule has 0 amide bonds. The summed E-state index contributed by atoms with van der Waals surface area (Å²) in [7, 11) is 0. The first-order chi connectivity index (χ1) is 9.20. The van der Waals surface area contributed by atoms with E-state index in [9.17, 15) is 9.90 Å². The maximum Gasteiger partial charge on any atom is 0.189 e. The van der Waals surface area contributed by atoms with Crippen LogP contribution in [0.1, 0.15) is 21.5 Å². The van der Waals surface area contributed by atoms with Crippen molar-refractivity contribution in [2.75, 3.05) is 0 Å². The van der Waals surface area contributed by atoms with Gasteiger partial charge in [0.2, 0.25) is 0 Å². The van der Waals surface area contributed by atoms with Crippen LogP contribution >= 0.6 is 0 Å². The number of ketones is 1. The number of carbonyl (C=O) groups excluding carboxylic acids is 1. The second-order valence-electron chi connectivity index (χ2n) is 4.12. The molecule has 3 nitrogen and oxygen atoms in total. The van der Waals surface area contributed by atoms with Gasteiger partial charge >= 0.3 is 0 Å². The monoisotopic (exact) mass is 254 g/mol. The van der Waals surface area contributed by atoms with E-state index in [2.05, 4.69) is 0 Å². The number of phenolic OH excluding ortho intramolecular Hbond substituents is 1. The van der Waals surface area contributed by atoms with Crippen molar-refractivity contribution < 1.29 is 15.0 Å². The number of aliphatic hydroxyl groups excluding tert-OH is 1. The molecular formula is C16H14O3. The number of carbonyl (C=O) groups is 1. The molecule has 0 atom stereocenters. The van der Waals surface area contributed by atoms with Gasteiger partial charge in [-0.3, -0.25) is 4.79 Å². The zero-order valence-electron chi connectivity index (χ0n) is 10.3. The van der Waals surface area contributed by atoms with E-state index in [0.29, 0.717) is 0 Å². The van der Waals surface area contributed by atoms with Gasteiger partial charge in [-0.2, -0.15) is 0 Å². The molecule has 0 aliphatic heterocycles. The molecule has 0 fully saturated rings. The summed E-state index contributed by atoms with van der Waals surface area (Å²) in [6, 6.07) is 13.7. The molecule has 0 radical (unpaired) electrons. The van der Waals surface area contributed by atoms with E-state index in [-0.39, 0.29) is 23.7 Å². The smallest absolute Gasteiger partial charge is 0.189 e. The second kappa shape index (κ2) is 5.98. The Morgan fingerprint density at radius 3 is 2.63 bits per heavy atom. The van der Waals surface area contributed by atoms with Gasteiger partial charge in [-0.05, 0) is 35.4 Å². The molecule has 0 aromatic heterocycles. The van der Waals surface area contributed by atoms with Crippen LogP contribution in [0.4, 0.5) is 0 Å². The van der Waals surface area contributed by atoms with Crippen LogP contribution in [0.25, 0.3) is 6.08 Å². The largest absolute Gasteiger partial charge is 0.507 e. The molecule has 3 heteroatoms. The molecule has 0 saturated carbocycles. The lowest BCUT2D eigenvalue weighted by Crippen LogP contribution is -1.94. The minimum absolute atomic E-state index is 0.0266. The Labute approximate surface area is 111 Å². The molecule has 19 heavy (non-hydrogen) atoms. The lowest BCUT2D eigenvalue weighted by molar-refractivity contribution is 0.104. The Hall–Kier alpha value is -2.39. The van der Waals surface area contributed by atoms with E-state index >= 15 is 0 Å². The van der Waals surface area contributed by atoms with Crippen molar-refractivity contribution in [2.45, 2.75) is 6.61 Å². The highest BCUT2D eigenvalue weighted by molar-refractivity contribution is 6.08. The molecule has 0 bridgehead atoms. The summed E-state index contributed by atoms with van der Waals surface area (Å²) in [5, 5.41) is 18.6. The van der Waals surface area contributed by atoms with Gasteiger partial charge in [-0.25, -0.2) is 0 Å². The van der Waals surface area contributed by atoms with Gasteiger partial charge in [0, 0.05) is 0 Å². The maximum absolute atomic E-state index is 11.9. The lowest BCUT2D eigenvalue weighted by atomic mass is 10.1. The fourth-order valence-corrected chi connectivity index (χ4v) is 1.74. The number of benzene rings is 2. The molecule has 2 rings (SSSR count). The van der Waals surface area contributed by atoms with Gasteiger partial charge < -0.3 is 10.2 Å². The fourth-order valence-electron chi connectivity index (χ4n) is 1.74. The minimum Gasteiger partial charge on any atom is -0.507 e. The molecule has 2 aromatic rings. The normalized spacial score (nSPS) is 10.8. The zero-order valence-corrected chi connectivity index (χ0v) is 10.3. The highest BCUT2D eigenvalue weighted by Gasteiger charge is 2.06. The van der Waals surface area contributed by atoms with E-state index in [1.54, 1.807) is 30.3 Å². The van der Waals surface area contributed by atoms with Crippen LogP contribution < -0.4 is 0 Å². The van der Waals surface area contributed by atoms with E-state index < -0.39 is 0 Å². The molecule has 0 saturated heterocycles. The van der Waals surface area contributed by atoms with Crippen LogP contribution in [-0.4, -0.2) is 16.0 Å². The van der Waals surface area contributed by atoms with Crippen molar-refractivity contribution in [1.82, 2.24) is 0 Å². The van der Waals surface area contributed by atoms with Crippen molar-refractivity contribution in [3.63, 3.8) is 0 Å². The Bertz CT molecular complexity index is 615. The standard InChI is InChI=1S/C16H14O3/c17-11-13-5-3-4-12(10-13)8-9-16(19)14-6-1-2-7-15(14)18/h1-10,17-18H,11H2/b9-8+. The number of aliphatic hydroxyl groups is 1. The summed E-state index contributed by atoms with van der Waals surface area (Å²) in [6.07, 6.45) is 3.07. The van der Waals surface area contributed by atoms with Crippen LogP contribution in [0.5, 0.6) is 5.75 Å². The van der Waals surface area contributed by atoms with Gasteiger partial charge in [0.25, 0.3) is 0 Å². The Kier molecular flexibility index (Phi) is 4.11. The third kappa shape index (κ3) is 3.30. The molecular weight excluding hydrogens is 240 g/mol. The SMILES string of the molecule is O=C(/C=C/c1cccc(CO)c1)c1ccccc1O. The first-order valence-corrected chi connectivity index (χ1v) is 5.91. The summed E-state index contributed by atoms with van der Waals surface area (Å²) in [6.45, 7) is -0.0326. The van der Waals surface area contributed by atoms with Crippen molar-refractivity contribution in [1.29, 1.82) is 0 Å². The van der Waals surface area contributed by atoms with Crippen molar-refractivity contribution >= 4 is 11.9 Å². The topological polar surface area (TPSA) is 57.5 Å². The average Bonchev–Trinajstić information content (AvgIpc) is 2.45. The molecule has 0 heterocycles. The molecule has 0 unspecified atom stereocenters. The van der Waals surface area contributed by atoms with E-state index in [4.69, 9.17) is 5.11 Å². The Morgan fingerprint density at radius 2 is 1.89 bits per heavy atom. The first kappa shape index (κ1) is 13.1. The molecule has 0 spiro atoms. The minimum atomic E-state index is -0.257. The van der Waals surface area contributed by atoms with Gasteiger partial charge in [0.05, 0.1) is 12.2 Å². The lowest BCUT2D eigenvalue weighted by Gasteiger charge is -2.00. The summed E-state index contributed by atoms with van der Waals surface area (Å²) in [5.74, 6) is -0.284. The number of phenols is 1. The number of allylic oxidation sites excluding steroid dienone is 1. The predicted octanol–water partition coefficient (Wildman–Crippen LogP) is 2.78. The Balaban J connectivity index is 2.18. The summed E-state index contributed by atoms with van der Waals surface area (Å²) < 4.78 is 0. The number of hydrogen-bond donors (Lipinski definition) is 2. The molecule has 0 aliphatic carbocycles. The highest BCUT2D eigenvalue weighted by Crippen LogP contribution is 2.17. The van der Waals surface area contributed by atoms with Crippen LogP contribution in [-0.2, 0) is 6.61 Å². The third-order valence-corrected chi connectivity index (χ3v) is 2.73. The van der Waals surface area contributed by atoms with E-state index in [0.717, 1.165) is 11.1 Å². The number of hydrogen-bond acceptors (Lipinski definition) is 3. The summed E-state index contributed by atoms with van der Waals surface area (Å²) in [4.78, 5) is 11.9. The molecule has 2 aromatic carbocycles. The average molecular weight is 254 g/mol. The third-order valence-electron chi connectivity index (χ3n) is 2.73. The molecule has 0 aliphatic rings. The van der Waals surface area contributed by atoms with Crippen molar-refractivity contribution in [2.24, 2.45) is 0 Å². The van der Waals surface area contributed by atoms with Crippen LogP contribution in [0.15, 0.2) is 54.6 Å². The highest BCUT2D eigenvalue weighted by atomic mass is 16.3. The number of para-hydroxylation sites is 1. The zero-order chi connectivity index (χ0) is 13.7. The van der Waals surface area contributed by atoms with Crippen molar-refractivity contribution in [3.8, 4) is 5.75 Å². The summed E-state index contributed by atoms with van der Waals surface area (Å²) >= 11 is 0.